The number of nitrogens with zero attached hydrogens (tertiary/aromatic N) is 1. The minimum Gasteiger partial charge on any atom is -0.377 e. The Morgan fingerprint density at radius 1 is 1.32 bits per heavy atom. The molecule has 1 N–H and O–H groups in total. The second kappa shape index (κ2) is 4.66. The van der Waals surface area contributed by atoms with E-state index >= 15 is 0 Å². The lowest BCUT2D eigenvalue weighted by atomic mass is 10.0. The summed E-state index contributed by atoms with van der Waals surface area (Å²) < 4.78 is 5.76. The van der Waals surface area contributed by atoms with Gasteiger partial charge < -0.3 is 9.72 Å². The van der Waals surface area contributed by atoms with Gasteiger partial charge in [-0.2, -0.15) is 0 Å². The summed E-state index contributed by atoms with van der Waals surface area (Å²) in [5, 5.41) is 1.40. The van der Waals surface area contributed by atoms with E-state index in [1.54, 1.807) is 0 Å². The fraction of sp³-hybridized carbons (Fsp3) is 0.500. The van der Waals surface area contributed by atoms with Crippen LogP contribution in [0.1, 0.15) is 24.1 Å². The lowest BCUT2D eigenvalue weighted by Crippen LogP contribution is -2.36. The molecule has 2 aliphatic heterocycles. The molecule has 19 heavy (non-hydrogen) atoms. The molecule has 0 saturated carbocycles. The number of H-pyrrole nitrogens is 1. The molecular formula is C16H20N2O. The minimum absolute atomic E-state index is 0.465. The van der Waals surface area contributed by atoms with Crippen LogP contribution in [0.2, 0.25) is 0 Å². The molecule has 1 unspecified atom stereocenters. The predicted octanol–water partition coefficient (Wildman–Crippen LogP) is 2.71. The van der Waals surface area contributed by atoms with Gasteiger partial charge in [0, 0.05) is 49.3 Å². The first-order chi connectivity index (χ1) is 9.40. The number of nitrogens with one attached hydrogen (secondary N) is 1. The van der Waals surface area contributed by atoms with Gasteiger partial charge in [0.2, 0.25) is 0 Å². The van der Waals surface area contributed by atoms with Gasteiger partial charge in [-0.15, -0.1) is 0 Å². The molecule has 100 valence electrons. The standard InChI is InChI=1S/C16H20N2O/c1-2-6-15-13(5-1)14-11-18(8-7-16(14)17-15)10-12-4-3-9-19-12/h1-2,5-6,12,17H,3-4,7-11H2. The van der Waals surface area contributed by atoms with Crippen molar-refractivity contribution in [3.8, 4) is 0 Å². The summed E-state index contributed by atoms with van der Waals surface area (Å²) in [6.45, 7) is 4.27. The zero-order valence-corrected chi connectivity index (χ0v) is 11.2. The third kappa shape index (κ3) is 2.07. The summed E-state index contributed by atoms with van der Waals surface area (Å²) in [5.74, 6) is 0. The van der Waals surface area contributed by atoms with E-state index in [-0.39, 0.29) is 0 Å². The molecule has 1 saturated heterocycles. The summed E-state index contributed by atoms with van der Waals surface area (Å²) >= 11 is 0. The molecule has 0 bridgehead atoms. The van der Waals surface area contributed by atoms with Gasteiger partial charge in [-0.05, 0) is 24.5 Å². The summed E-state index contributed by atoms with van der Waals surface area (Å²) in [6.07, 6.45) is 4.07. The molecule has 2 aromatic rings. The first-order valence-electron chi connectivity index (χ1n) is 7.32. The Labute approximate surface area is 113 Å². The summed E-state index contributed by atoms with van der Waals surface area (Å²) in [4.78, 5) is 6.13. The Hall–Kier alpha value is -1.32. The van der Waals surface area contributed by atoms with Gasteiger partial charge in [0.05, 0.1) is 6.10 Å². The molecular weight excluding hydrogens is 236 g/mol. The highest BCUT2D eigenvalue weighted by Gasteiger charge is 2.24. The van der Waals surface area contributed by atoms with Crippen molar-refractivity contribution in [2.24, 2.45) is 0 Å². The van der Waals surface area contributed by atoms with Crippen molar-refractivity contribution >= 4 is 10.9 Å². The van der Waals surface area contributed by atoms with E-state index in [9.17, 15) is 0 Å². The van der Waals surface area contributed by atoms with Crippen molar-refractivity contribution < 1.29 is 4.74 Å². The van der Waals surface area contributed by atoms with Gasteiger partial charge in [-0.1, -0.05) is 18.2 Å². The highest BCUT2D eigenvalue weighted by Crippen LogP contribution is 2.28. The van der Waals surface area contributed by atoms with Crippen molar-refractivity contribution in [1.82, 2.24) is 9.88 Å². The number of ether oxygens (including phenoxy) is 1. The second-order valence-electron chi connectivity index (χ2n) is 5.75. The van der Waals surface area contributed by atoms with E-state index in [1.165, 1.54) is 35.0 Å². The van der Waals surface area contributed by atoms with Crippen LogP contribution in [0.3, 0.4) is 0 Å². The van der Waals surface area contributed by atoms with Crippen molar-refractivity contribution in [2.45, 2.75) is 31.9 Å². The summed E-state index contributed by atoms with van der Waals surface area (Å²) in [6, 6.07) is 8.65. The molecule has 1 fully saturated rings. The summed E-state index contributed by atoms with van der Waals surface area (Å²) in [5.41, 5.74) is 4.22. The molecule has 1 aromatic heterocycles. The van der Waals surface area contributed by atoms with Crippen LogP contribution in [0.25, 0.3) is 10.9 Å². The third-order valence-corrected chi connectivity index (χ3v) is 4.45. The molecule has 3 heteroatoms. The van der Waals surface area contributed by atoms with E-state index in [4.69, 9.17) is 4.74 Å². The largest absolute Gasteiger partial charge is 0.377 e. The normalized spacial score (nSPS) is 23.9. The molecule has 2 aliphatic rings. The Bertz CT molecular complexity index is 583. The molecule has 0 amide bonds. The van der Waals surface area contributed by atoms with Gasteiger partial charge >= 0.3 is 0 Å². The number of hydrogen-bond donors (Lipinski definition) is 1. The lowest BCUT2D eigenvalue weighted by Gasteiger charge is -2.29. The quantitative estimate of drug-likeness (QED) is 0.895. The second-order valence-corrected chi connectivity index (χ2v) is 5.75. The van der Waals surface area contributed by atoms with Gasteiger partial charge in [-0.25, -0.2) is 0 Å². The van der Waals surface area contributed by atoms with Gasteiger partial charge in [-0.3, -0.25) is 4.90 Å². The zero-order valence-electron chi connectivity index (χ0n) is 11.2. The number of fused-ring (bicyclic) bond motifs is 3. The number of rotatable bonds is 2. The molecule has 0 spiro atoms. The van der Waals surface area contributed by atoms with Crippen LogP contribution in [0.15, 0.2) is 24.3 Å². The average molecular weight is 256 g/mol. The van der Waals surface area contributed by atoms with Crippen LogP contribution in [-0.4, -0.2) is 35.7 Å². The fourth-order valence-corrected chi connectivity index (χ4v) is 3.45. The van der Waals surface area contributed by atoms with Crippen molar-refractivity contribution in [2.75, 3.05) is 19.7 Å². The van der Waals surface area contributed by atoms with E-state index in [0.29, 0.717) is 6.10 Å². The van der Waals surface area contributed by atoms with E-state index in [0.717, 1.165) is 32.7 Å². The Morgan fingerprint density at radius 3 is 3.16 bits per heavy atom. The van der Waals surface area contributed by atoms with E-state index in [2.05, 4.69) is 34.1 Å². The molecule has 0 aliphatic carbocycles. The minimum atomic E-state index is 0.465. The lowest BCUT2D eigenvalue weighted by molar-refractivity contribution is 0.0688. The average Bonchev–Trinajstić information content (AvgIpc) is 3.06. The van der Waals surface area contributed by atoms with Gasteiger partial charge in [0.1, 0.15) is 0 Å². The molecule has 3 nitrogen and oxygen atoms in total. The molecule has 0 radical (unpaired) electrons. The van der Waals surface area contributed by atoms with Crippen LogP contribution < -0.4 is 0 Å². The molecule has 1 atom stereocenters. The SMILES string of the molecule is c1ccc2c3c([nH]c2c1)CCN(CC1CCCO1)C3. The Balaban J connectivity index is 1.58. The predicted molar refractivity (Wildman–Crippen MR) is 76.3 cm³/mol. The maximum absolute atomic E-state index is 5.76. The highest BCUT2D eigenvalue weighted by molar-refractivity contribution is 5.84. The number of hydrogen-bond acceptors (Lipinski definition) is 2. The first-order valence-corrected chi connectivity index (χ1v) is 7.32. The zero-order chi connectivity index (χ0) is 12.7. The molecule has 1 aromatic carbocycles. The van der Waals surface area contributed by atoms with Crippen LogP contribution in [0, 0.1) is 0 Å². The van der Waals surface area contributed by atoms with Crippen LogP contribution in [0.5, 0.6) is 0 Å². The maximum Gasteiger partial charge on any atom is 0.0702 e. The van der Waals surface area contributed by atoms with E-state index < -0.39 is 0 Å². The first kappa shape index (κ1) is 11.5. The number of aromatic nitrogens is 1. The topological polar surface area (TPSA) is 28.3 Å². The van der Waals surface area contributed by atoms with E-state index in [1.807, 2.05) is 0 Å². The van der Waals surface area contributed by atoms with Gasteiger partial charge in [0.15, 0.2) is 0 Å². The maximum atomic E-state index is 5.76. The van der Waals surface area contributed by atoms with Crippen molar-refractivity contribution in [1.29, 1.82) is 0 Å². The molecule has 3 heterocycles. The Morgan fingerprint density at radius 2 is 2.26 bits per heavy atom. The number of aromatic amines is 1. The van der Waals surface area contributed by atoms with Crippen LogP contribution in [0.4, 0.5) is 0 Å². The highest BCUT2D eigenvalue weighted by atomic mass is 16.5. The monoisotopic (exact) mass is 256 g/mol. The molecule has 4 rings (SSSR count). The smallest absolute Gasteiger partial charge is 0.0702 e. The van der Waals surface area contributed by atoms with Crippen LogP contribution in [-0.2, 0) is 17.7 Å². The van der Waals surface area contributed by atoms with Crippen molar-refractivity contribution in [3.05, 3.63) is 35.5 Å². The Kier molecular flexibility index (Phi) is 2.82. The fourth-order valence-electron chi connectivity index (χ4n) is 3.45. The van der Waals surface area contributed by atoms with Crippen LogP contribution >= 0.6 is 0 Å². The van der Waals surface area contributed by atoms with Crippen molar-refractivity contribution in [3.63, 3.8) is 0 Å². The number of benzene rings is 1. The third-order valence-electron chi connectivity index (χ3n) is 4.45. The summed E-state index contributed by atoms with van der Waals surface area (Å²) in [7, 11) is 0. The number of para-hydroxylation sites is 1. The van der Waals surface area contributed by atoms with Gasteiger partial charge in [0.25, 0.3) is 0 Å².